The molecule has 10 amide bonds. The van der Waals surface area contributed by atoms with E-state index in [1.54, 1.807) is 74.6 Å². The van der Waals surface area contributed by atoms with Gasteiger partial charge in [-0.25, -0.2) is 0 Å². The normalized spacial score (nSPS) is 18.7. The summed E-state index contributed by atoms with van der Waals surface area (Å²) in [4.78, 5) is 153. The molecular formula is C52H71N11O14. The molecule has 2 aliphatic rings. The summed E-state index contributed by atoms with van der Waals surface area (Å²) in [5, 5.41) is 48.9. The number of rotatable bonds is 26. The number of aromatic nitrogens is 1. The van der Waals surface area contributed by atoms with Gasteiger partial charge in [-0.3, -0.25) is 52.7 Å². The summed E-state index contributed by atoms with van der Waals surface area (Å²) in [5.41, 5.74) is 7.51. The fraction of sp³-hybridized carbons (Fsp3) is 0.519. The van der Waals surface area contributed by atoms with Crippen molar-refractivity contribution < 1.29 is 68.1 Å². The van der Waals surface area contributed by atoms with Gasteiger partial charge < -0.3 is 73.1 Å². The zero-order valence-electron chi connectivity index (χ0n) is 43.7. The molecule has 2 aliphatic heterocycles. The molecule has 5 rings (SSSR count). The number of carboxylic acid groups (broad SMARTS) is 1. The number of aliphatic carboxylic acids is 1. The quantitative estimate of drug-likeness (QED) is 0.0404. The first-order valence-corrected chi connectivity index (χ1v) is 25.6. The third kappa shape index (κ3) is 16.0. The number of fused-ring (bicyclic) bond motifs is 1. The van der Waals surface area contributed by atoms with Gasteiger partial charge >= 0.3 is 5.97 Å². The Morgan fingerprint density at radius 1 is 0.662 bits per heavy atom. The first-order chi connectivity index (χ1) is 36.5. The Kier molecular flexibility index (Phi) is 21.6. The van der Waals surface area contributed by atoms with Gasteiger partial charge in [0.1, 0.15) is 54.4 Å². The van der Waals surface area contributed by atoms with Crippen LogP contribution in [0.15, 0.2) is 60.8 Å². The van der Waals surface area contributed by atoms with E-state index in [2.05, 4.69) is 42.2 Å². The number of carbonyl (C=O) groups is 11. The maximum absolute atomic E-state index is 14.3. The topological polar surface area (TPSA) is 381 Å². The number of aliphatic hydroxyl groups is 2. The van der Waals surface area contributed by atoms with Gasteiger partial charge in [0.15, 0.2) is 0 Å². The number of likely N-dealkylation sites (tertiary alicyclic amines) is 2. The van der Waals surface area contributed by atoms with E-state index in [1.807, 2.05) is 0 Å². The third-order valence-corrected chi connectivity index (χ3v) is 13.9. The molecule has 2 aromatic carbocycles. The minimum atomic E-state index is -1.75. The molecule has 0 radical (unpaired) electrons. The van der Waals surface area contributed by atoms with E-state index in [4.69, 9.17) is 5.73 Å². The van der Waals surface area contributed by atoms with E-state index in [9.17, 15) is 68.1 Å². The van der Waals surface area contributed by atoms with E-state index in [1.165, 1.54) is 30.6 Å². The molecule has 11 atom stereocenters. The SMILES string of the molecule is CC[C@H](C)[C@H](NC(=O)[C@@H](NC(=O)[C@H](C)NC(=O)[C@H](Cc1c[nH]c2ccccc12)NC(=O)[C@@H]1CCCN1C(=O)[C@H](CO)NC(=O)[C@@H]1CCCN1C(C)=O)[C@@H](C)O)C(=O)N[C@@H](CC(=O)O)C(=O)N[C@@H](Cc1ccccc1)C(N)=O. The fourth-order valence-electron chi connectivity index (χ4n) is 9.37. The minimum Gasteiger partial charge on any atom is -0.481 e. The maximum atomic E-state index is 14.3. The van der Waals surface area contributed by atoms with Gasteiger partial charge in [-0.15, -0.1) is 0 Å². The van der Waals surface area contributed by atoms with Crippen LogP contribution in [-0.4, -0.2) is 175 Å². The van der Waals surface area contributed by atoms with E-state index in [0.717, 1.165) is 10.9 Å². The minimum absolute atomic E-state index is 0.0381. The Morgan fingerprint density at radius 3 is 1.82 bits per heavy atom. The zero-order chi connectivity index (χ0) is 56.7. The average Bonchev–Trinajstić information content (AvgIpc) is 4.20. The van der Waals surface area contributed by atoms with Crippen LogP contribution in [0.2, 0.25) is 0 Å². The number of nitrogens with zero attached hydrogens (tertiary/aromatic N) is 2. The van der Waals surface area contributed by atoms with Crippen molar-refractivity contribution in [2.24, 2.45) is 11.7 Å². The van der Waals surface area contributed by atoms with Gasteiger partial charge in [0.25, 0.3) is 0 Å². The molecule has 2 saturated heterocycles. The standard InChI is InChI=1S/C52H71N11O14/c1-6-27(2)42(50(75)58-37(24-41(67)68)47(72)56-35(44(53)69)22-31-14-8-7-9-15-31)60-51(76)43(29(4)65)61-45(70)28(3)55-46(71)36(23-32-25-54-34-17-11-10-16-33(32)34)57-49(74)40-19-13-21-63(40)52(77)38(26-64)59-48(73)39-18-12-20-62(39)30(5)66/h7-11,14-17,25,27-29,35-40,42-43,54,64-65H,6,12-13,18-24,26H2,1-5H3,(H2,53,69)(H,55,71)(H,56,72)(H,57,74)(H,58,75)(H,59,73)(H,60,76)(H,61,70)(H,67,68)/t27-,28-,29+,35-,36-,37-,38-,39-,40-,42-,43-/m0/s1. The van der Waals surface area contributed by atoms with Crippen LogP contribution in [0, 0.1) is 5.92 Å². The Bertz CT molecular complexity index is 2650. The number of hydrogen-bond donors (Lipinski definition) is 12. The van der Waals surface area contributed by atoms with Crippen LogP contribution in [0.4, 0.5) is 0 Å². The molecule has 0 aliphatic carbocycles. The third-order valence-electron chi connectivity index (χ3n) is 13.9. The van der Waals surface area contributed by atoms with Crippen LogP contribution in [-0.2, 0) is 65.6 Å². The van der Waals surface area contributed by atoms with Crippen molar-refractivity contribution in [1.82, 2.24) is 52.0 Å². The van der Waals surface area contributed by atoms with Gasteiger partial charge in [-0.1, -0.05) is 68.8 Å². The summed E-state index contributed by atoms with van der Waals surface area (Å²) in [5.74, 6) is -10.5. The van der Waals surface area contributed by atoms with Crippen LogP contribution in [0.1, 0.15) is 84.3 Å². The largest absolute Gasteiger partial charge is 0.481 e. The molecule has 77 heavy (non-hydrogen) atoms. The number of amides is 10. The Balaban J connectivity index is 1.28. The zero-order valence-corrected chi connectivity index (χ0v) is 43.7. The first kappa shape index (κ1) is 59.9. The highest BCUT2D eigenvalue weighted by molar-refractivity contribution is 5.99. The number of hydrogen-bond acceptors (Lipinski definition) is 13. The van der Waals surface area contributed by atoms with Crippen LogP contribution >= 0.6 is 0 Å². The van der Waals surface area contributed by atoms with Crippen LogP contribution in [0.5, 0.6) is 0 Å². The lowest BCUT2D eigenvalue weighted by Gasteiger charge is -2.31. The highest BCUT2D eigenvalue weighted by Crippen LogP contribution is 2.23. The molecule has 3 aromatic rings. The number of para-hydroxylation sites is 1. The highest BCUT2D eigenvalue weighted by atomic mass is 16.4. The van der Waals surface area contributed by atoms with E-state index >= 15 is 0 Å². The van der Waals surface area contributed by atoms with Crippen molar-refractivity contribution in [2.75, 3.05) is 19.7 Å². The van der Waals surface area contributed by atoms with Crippen molar-refractivity contribution in [3.63, 3.8) is 0 Å². The Labute approximate surface area is 444 Å². The molecular weight excluding hydrogens is 1000 g/mol. The summed E-state index contributed by atoms with van der Waals surface area (Å²) in [7, 11) is 0. The van der Waals surface area contributed by atoms with Crippen molar-refractivity contribution in [1.29, 1.82) is 0 Å². The number of primary amides is 1. The molecule has 0 bridgehead atoms. The second-order valence-electron chi connectivity index (χ2n) is 19.6. The molecule has 25 heteroatoms. The van der Waals surface area contributed by atoms with Crippen LogP contribution < -0.4 is 43.0 Å². The summed E-state index contributed by atoms with van der Waals surface area (Å²) in [6.07, 6.45) is 0.698. The number of benzene rings is 2. The first-order valence-electron chi connectivity index (χ1n) is 25.6. The smallest absolute Gasteiger partial charge is 0.305 e. The second-order valence-corrected chi connectivity index (χ2v) is 19.6. The predicted octanol–water partition coefficient (Wildman–Crippen LogP) is -2.25. The summed E-state index contributed by atoms with van der Waals surface area (Å²) in [6, 6.07) is 3.22. The predicted molar refractivity (Wildman–Crippen MR) is 276 cm³/mol. The fourth-order valence-corrected chi connectivity index (χ4v) is 9.37. The number of nitrogens with one attached hydrogen (secondary N) is 8. The molecule has 13 N–H and O–H groups in total. The molecule has 2 fully saturated rings. The number of carboxylic acids is 1. The second kappa shape index (κ2) is 27.7. The van der Waals surface area contributed by atoms with Crippen LogP contribution in [0.3, 0.4) is 0 Å². The Hall–Kier alpha value is -7.93. The van der Waals surface area contributed by atoms with Gasteiger partial charge in [0, 0.05) is 50.0 Å². The summed E-state index contributed by atoms with van der Waals surface area (Å²) >= 11 is 0. The molecule has 0 saturated carbocycles. The van der Waals surface area contributed by atoms with Crippen molar-refractivity contribution in [2.45, 2.75) is 146 Å². The van der Waals surface area contributed by atoms with Gasteiger partial charge in [-0.2, -0.15) is 0 Å². The lowest BCUT2D eigenvalue weighted by Crippen LogP contribution is -2.62. The monoisotopic (exact) mass is 1070 g/mol. The Morgan fingerprint density at radius 2 is 1.22 bits per heavy atom. The number of aromatic amines is 1. The number of aliphatic hydroxyl groups excluding tert-OH is 2. The molecule has 25 nitrogen and oxygen atoms in total. The number of H-pyrrole nitrogens is 1. The van der Waals surface area contributed by atoms with Crippen LogP contribution in [0.25, 0.3) is 10.9 Å². The summed E-state index contributed by atoms with van der Waals surface area (Å²) in [6.45, 7) is 6.70. The molecule has 3 heterocycles. The number of nitrogens with two attached hydrogens (primary N) is 1. The van der Waals surface area contributed by atoms with Gasteiger partial charge in [-0.05, 0) is 62.6 Å². The molecule has 0 unspecified atom stereocenters. The average molecular weight is 1070 g/mol. The van der Waals surface area contributed by atoms with E-state index in [-0.39, 0.29) is 38.1 Å². The van der Waals surface area contributed by atoms with Gasteiger partial charge in [0.05, 0.1) is 19.1 Å². The maximum Gasteiger partial charge on any atom is 0.305 e. The lowest BCUT2D eigenvalue weighted by molar-refractivity contribution is -0.144. The molecule has 1 aromatic heterocycles. The summed E-state index contributed by atoms with van der Waals surface area (Å²) < 4.78 is 0. The highest BCUT2D eigenvalue weighted by Gasteiger charge is 2.42. The molecule has 0 spiro atoms. The van der Waals surface area contributed by atoms with E-state index < -0.39 is 139 Å². The molecule has 418 valence electrons. The number of carbonyl (C=O) groups excluding carboxylic acids is 10. The lowest BCUT2D eigenvalue weighted by atomic mass is 9.96. The van der Waals surface area contributed by atoms with Crippen molar-refractivity contribution in [3.05, 3.63) is 71.9 Å². The van der Waals surface area contributed by atoms with E-state index in [0.29, 0.717) is 36.9 Å². The van der Waals surface area contributed by atoms with Gasteiger partial charge in [0.2, 0.25) is 59.1 Å². The van der Waals surface area contributed by atoms with Crippen molar-refractivity contribution in [3.8, 4) is 0 Å². The van der Waals surface area contributed by atoms with Crippen molar-refractivity contribution >= 4 is 75.9 Å².